The summed E-state index contributed by atoms with van der Waals surface area (Å²) in [4.78, 5) is 0. The first-order valence-corrected chi connectivity index (χ1v) is 5.25. The Kier molecular flexibility index (Phi) is 2.93. The molecule has 0 aliphatic carbocycles. The lowest BCUT2D eigenvalue weighted by molar-refractivity contribution is 0.543. The molecule has 1 unspecified atom stereocenters. The lowest BCUT2D eigenvalue weighted by Gasteiger charge is -2.13. The second-order valence-electron chi connectivity index (χ2n) is 3.22. The smallest absolute Gasteiger partial charge is 0.0772 e. The van der Waals surface area contributed by atoms with E-state index in [0.717, 1.165) is 5.56 Å². The number of rotatable bonds is 2. The maximum absolute atomic E-state index is 6.09. The minimum absolute atomic E-state index is 0.0266. The normalized spacial score (nSPS) is 12.7. The molecule has 1 atom stereocenters. The molecule has 0 saturated heterocycles. The number of aromatic nitrogens is 3. The molecule has 0 N–H and O–H groups in total. The highest BCUT2D eigenvalue weighted by atomic mass is 35.5. The SMILES string of the molecule is CC(c1cc(Cl)ccc1Cl)n1ccnn1. The zero-order valence-electron chi connectivity index (χ0n) is 8.06. The van der Waals surface area contributed by atoms with Crippen LogP contribution < -0.4 is 0 Å². The molecule has 1 aromatic carbocycles. The minimum Gasteiger partial charge on any atom is -0.245 e. The fraction of sp³-hybridized carbons (Fsp3) is 0.200. The molecule has 0 fully saturated rings. The fourth-order valence-electron chi connectivity index (χ4n) is 1.40. The van der Waals surface area contributed by atoms with Crippen molar-refractivity contribution in [2.24, 2.45) is 0 Å². The molecule has 0 spiro atoms. The van der Waals surface area contributed by atoms with Crippen LogP contribution in [-0.4, -0.2) is 15.0 Å². The molecule has 3 nitrogen and oxygen atoms in total. The molecule has 0 radical (unpaired) electrons. The Morgan fingerprint density at radius 2 is 2.13 bits per heavy atom. The largest absolute Gasteiger partial charge is 0.245 e. The van der Waals surface area contributed by atoms with Crippen molar-refractivity contribution in [1.29, 1.82) is 0 Å². The Balaban J connectivity index is 2.41. The number of hydrogen-bond acceptors (Lipinski definition) is 2. The second-order valence-corrected chi connectivity index (χ2v) is 4.07. The van der Waals surface area contributed by atoms with Crippen LogP contribution in [0.2, 0.25) is 10.0 Å². The maximum Gasteiger partial charge on any atom is 0.0772 e. The zero-order valence-corrected chi connectivity index (χ0v) is 9.57. The zero-order chi connectivity index (χ0) is 10.8. The third-order valence-electron chi connectivity index (χ3n) is 2.25. The summed E-state index contributed by atoms with van der Waals surface area (Å²) in [5, 5.41) is 9.04. The van der Waals surface area contributed by atoms with Gasteiger partial charge < -0.3 is 0 Å². The first-order chi connectivity index (χ1) is 7.18. The van der Waals surface area contributed by atoms with Gasteiger partial charge in [0.05, 0.1) is 12.2 Å². The van der Waals surface area contributed by atoms with Gasteiger partial charge in [0.15, 0.2) is 0 Å². The van der Waals surface area contributed by atoms with Crippen molar-refractivity contribution in [2.75, 3.05) is 0 Å². The molecule has 2 aromatic rings. The molecule has 15 heavy (non-hydrogen) atoms. The molecular formula is C10H9Cl2N3. The van der Waals surface area contributed by atoms with E-state index in [4.69, 9.17) is 23.2 Å². The average Bonchev–Trinajstić information content (AvgIpc) is 2.74. The van der Waals surface area contributed by atoms with Crippen LogP contribution in [0.4, 0.5) is 0 Å². The predicted molar refractivity (Wildman–Crippen MR) is 60.3 cm³/mol. The number of benzene rings is 1. The van der Waals surface area contributed by atoms with E-state index in [2.05, 4.69) is 10.3 Å². The Bertz CT molecular complexity index is 454. The van der Waals surface area contributed by atoms with Crippen molar-refractivity contribution < 1.29 is 0 Å². The maximum atomic E-state index is 6.09. The van der Waals surface area contributed by atoms with Gasteiger partial charge in [0.2, 0.25) is 0 Å². The van der Waals surface area contributed by atoms with Crippen LogP contribution >= 0.6 is 23.2 Å². The van der Waals surface area contributed by atoms with E-state index in [1.807, 2.05) is 13.0 Å². The first-order valence-electron chi connectivity index (χ1n) is 4.49. The molecule has 0 aliphatic rings. The molecule has 78 valence electrons. The first kappa shape index (κ1) is 10.5. The highest BCUT2D eigenvalue weighted by molar-refractivity contribution is 6.33. The standard InChI is InChI=1S/C10H9Cl2N3/c1-7(15-5-4-13-14-15)9-6-8(11)2-3-10(9)12/h2-7H,1H3. The summed E-state index contributed by atoms with van der Waals surface area (Å²) in [7, 11) is 0. The van der Waals surface area contributed by atoms with E-state index >= 15 is 0 Å². The van der Waals surface area contributed by atoms with Crippen LogP contribution in [0.25, 0.3) is 0 Å². The second kappa shape index (κ2) is 4.21. The van der Waals surface area contributed by atoms with Crippen molar-refractivity contribution in [2.45, 2.75) is 13.0 Å². The fourth-order valence-corrected chi connectivity index (χ4v) is 1.86. The van der Waals surface area contributed by atoms with Gasteiger partial charge in [-0.25, -0.2) is 4.68 Å². The van der Waals surface area contributed by atoms with Gasteiger partial charge in [0, 0.05) is 16.2 Å². The summed E-state index contributed by atoms with van der Waals surface area (Å²) in [5.74, 6) is 0. The highest BCUT2D eigenvalue weighted by Gasteiger charge is 2.12. The summed E-state index contributed by atoms with van der Waals surface area (Å²) < 4.78 is 1.73. The van der Waals surface area contributed by atoms with Crippen molar-refractivity contribution in [3.63, 3.8) is 0 Å². The van der Waals surface area contributed by atoms with Crippen LogP contribution in [0.5, 0.6) is 0 Å². The average molecular weight is 242 g/mol. The highest BCUT2D eigenvalue weighted by Crippen LogP contribution is 2.27. The molecule has 5 heteroatoms. The molecule has 0 amide bonds. The van der Waals surface area contributed by atoms with Gasteiger partial charge in [0.1, 0.15) is 0 Å². The van der Waals surface area contributed by atoms with Crippen LogP contribution in [-0.2, 0) is 0 Å². The van der Waals surface area contributed by atoms with Gasteiger partial charge in [-0.15, -0.1) is 5.10 Å². The van der Waals surface area contributed by atoms with Crippen molar-refractivity contribution in [1.82, 2.24) is 15.0 Å². The monoisotopic (exact) mass is 241 g/mol. The van der Waals surface area contributed by atoms with Crippen molar-refractivity contribution in [3.8, 4) is 0 Å². The van der Waals surface area contributed by atoms with Gasteiger partial charge in [-0.1, -0.05) is 28.4 Å². The molecular weight excluding hydrogens is 233 g/mol. The number of halogens is 2. The third-order valence-corrected chi connectivity index (χ3v) is 2.83. The van der Waals surface area contributed by atoms with Gasteiger partial charge in [-0.3, -0.25) is 0 Å². The number of nitrogens with zero attached hydrogens (tertiary/aromatic N) is 3. The number of hydrogen-bond donors (Lipinski definition) is 0. The molecule has 0 aliphatic heterocycles. The Morgan fingerprint density at radius 1 is 1.33 bits per heavy atom. The van der Waals surface area contributed by atoms with E-state index < -0.39 is 0 Å². The predicted octanol–water partition coefficient (Wildman–Crippen LogP) is 3.19. The Morgan fingerprint density at radius 3 is 2.80 bits per heavy atom. The van der Waals surface area contributed by atoms with Gasteiger partial charge >= 0.3 is 0 Å². The quantitative estimate of drug-likeness (QED) is 0.809. The molecule has 1 aromatic heterocycles. The minimum atomic E-state index is 0.0266. The molecule has 2 rings (SSSR count). The van der Waals surface area contributed by atoms with E-state index in [1.54, 1.807) is 29.2 Å². The summed E-state index contributed by atoms with van der Waals surface area (Å²) in [6.45, 7) is 1.99. The molecule has 1 heterocycles. The van der Waals surface area contributed by atoms with Crippen LogP contribution in [0.15, 0.2) is 30.6 Å². The molecule has 0 bridgehead atoms. The molecule has 0 saturated carbocycles. The van der Waals surface area contributed by atoms with Crippen LogP contribution in [0.3, 0.4) is 0 Å². The Hall–Kier alpha value is -1.06. The third kappa shape index (κ3) is 2.13. The van der Waals surface area contributed by atoms with E-state index in [1.165, 1.54) is 0 Å². The lowest BCUT2D eigenvalue weighted by Crippen LogP contribution is -2.08. The topological polar surface area (TPSA) is 30.7 Å². The van der Waals surface area contributed by atoms with Crippen LogP contribution in [0, 0.1) is 0 Å². The summed E-state index contributed by atoms with van der Waals surface area (Å²) in [5.41, 5.74) is 0.940. The van der Waals surface area contributed by atoms with Gasteiger partial charge in [-0.05, 0) is 30.7 Å². The van der Waals surface area contributed by atoms with Crippen molar-refractivity contribution in [3.05, 3.63) is 46.2 Å². The van der Waals surface area contributed by atoms with E-state index in [-0.39, 0.29) is 6.04 Å². The lowest BCUT2D eigenvalue weighted by atomic mass is 10.1. The Labute approximate surface area is 97.6 Å². The van der Waals surface area contributed by atoms with E-state index in [9.17, 15) is 0 Å². The van der Waals surface area contributed by atoms with Crippen LogP contribution in [0.1, 0.15) is 18.5 Å². The van der Waals surface area contributed by atoms with Crippen molar-refractivity contribution >= 4 is 23.2 Å². The summed E-state index contributed by atoms with van der Waals surface area (Å²) in [6.07, 6.45) is 3.43. The van der Waals surface area contributed by atoms with Gasteiger partial charge in [-0.2, -0.15) is 0 Å². The summed E-state index contributed by atoms with van der Waals surface area (Å²) in [6, 6.07) is 5.42. The van der Waals surface area contributed by atoms with E-state index in [0.29, 0.717) is 10.0 Å². The van der Waals surface area contributed by atoms with Gasteiger partial charge in [0.25, 0.3) is 0 Å². The summed E-state index contributed by atoms with van der Waals surface area (Å²) >= 11 is 12.0.